The molecule has 5 nitrogen and oxygen atoms in total. The van der Waals surface area contributed by atoms with E-state index in [1.807, 2.05) is 0 Å². The molecule has 0 fully saturated rings. The molecule has 0 bridgehead atoms. The molecule has 0 aliphatic rings. The molecule has 0 aromatic heterocycles. The van der Waals surface area contributed by atoms with E-state index in [0.29, 0.717) is 5.56 Å². The summed E-state index contributed by atoms with van der Waals surface area (Å²) in [6.45, 7) is 1.57. The minimum absolute atomic E-state index is 0.0352. The number of aliphatic carboxylic acids is 1. The second-order valence-electron chi connectivity index (χ2n) is 3.68. The lowest BCUT2D eigenvalue weighted by molar-refractivity contribution is -0.137. The molecule has 0 saturated carbocycles. The molecule has 3 N–H and O–H groups in total. The number of rotatable bonds is 5. The molecule has 0 heterocycles. The maximum Gasteiger partial charge on any atom is 0.305 e. The van der Waals surface area contributed by atoms with Gasteiger partial charge in [0.2, 0.25) is 0 Å². The minimum atomic E-state index is -3.22. The van der Waals surface area contributed by atoms with E-state index in [1.54, 1.807) is 19.1 Å². The number of benzene rings is 1. The Labute approximate surface area is 100 Å². The highest BCUT2D eigenvalue weighted by molar-refractivity contribution is 7.91. The third kappa shape index (κ3) is 3.54. The van der Waals surface area contributed by atoms with Crippen LogP contribution in [-0.2, 0) is 14.6 Å². The highest BCUT2D eigenvalue weighted by atomic mass is 32.2. The largest absolute Gasteiger partial charge is 0.481 e. The smallest absolute Gasteiger partial charge is 0.305 e. The number of carboxylic acids is 1. The van der Waals surface area contributed by atoms with Crippen molar-refractivity contribution in [1.82, 2.24) is 0 Å². The summed E-state index contributed by atoms with van der Waals surface area (Å²) in [7, 11) is -3.22. The summed E-state index contributed by atoms with van der Waals surface area (Å²) in [5.74, 6) is -0.948. The Morgan fingerprint density at radius 3 is 2.29 bits per heavy atom. The Bertz CT molecular complexity index is 493. The van der Waals surface area contributed by atoms with Crippen molar-refractivity contribution in [1.29, 1.82) is 0 Å². The van der Waals surface area contributed by atoms with Crippen molar-refractivity contribution < 1.29 is 18.3 Å². The van der Waals surface area contributed by atoms with Crippen LogP contribution in [0, 0.1) is 0 Å². The highest BCUT2D eigenvalue weighted by Crippen LogP contribution is 2.18. The van der Waals surface area contributed by atoms with Gasteiger partial charge in [-0.1, -0.05) is 19.1 Å². The van der Waals surface area contributed by atoms with Gasteiger partial charge in [0, 0.05) is 6.04 Å². The van der Waals surface area contributed by atoms with Crippen LogP contribution in [-0.4, -0.2) is 25.2 Å². The molecule has 0 aliphatic heterocycles. The summed E-state index contributed by atoms with van der Waals surface area (Å²) in [6.07, 6.45) is -0.181. The van der Waals surface area contributed by atoms with Crippen molar-refractivity contribution in [2.24, 2.45) is 5.73 Å². The Balaban J connectivity index is 2.92. The summed E-state index contributed by atoms with van der Waals surface area (Å²) in [5.41, 5.74) is 6.27. The van der Waals surface area contributed by atoms with Gasteiger partial charge in [0.15, 0.2) is 9.84 Å². The number of hydrogen-bond donors (Lipinski definition) is 2. The van der Waals surface area contributed by atoms with E-state index in [0.717, 1.165) is 0 Å². The molecule has 1 aromatic carbocycles. The Hall–Kier alpha value is -1.40. The van der Waals surface area contributed by atoms with Crippen LogP contribution in [0.2, 0.25) is 0 Å². The summed E-state index contributed by atoms with van der Waals surface area (Å²) in [4.78, 5) is 10.7. The van der Waals surface area contributed by atoms with Gasteiger partial charge >= 0.3 is 5.97 Å². The summed E-state index contributed by atoms with van der Waals surface area (Å²) in [5, 5.41) is 8.59. The summed E-state index contributed by atoms with van der Waals surface area (Å²) in [6, 6.07) is 5.39. The normalized spacial score (nSPS) is 13.3. The number of hydrogen-bond acceptors (Lipinski definition) is 4. The fourth-order valence-electron chi connectivity index (χ4n) is 1.40. The molecule has 0 radical (unpaired) electrons. The maximum absolute atomic E-state index is 11.5. The molecule has 17 heavy (non-hydrogen) atoms. The third-order valence-electron chi connectivity index (χ3n) is 2.44. The van der Waals surface area contributed by atoms with E-state index in [2.05, 4.69) is 0 Å². The standard InChI is InChI=1S/C11H15NO4S/c1-2-17(15,16)9-5-3-8(4-6-9)10(12)7-11(13)14/h3-6,10H,2,7,12H2,1H3,(H,13,14). The molecule has 1 unspecified atom stereocenters. The first-order valence-corrected chi connectivity index (χ1v) is 6.82. The van der Waals surface area contributed by atoms with Crippen LogP contribution >= 0.6 is 0 Å². The number of sulfone groups is 1. The average molecular weight is 257 g/mol. The average Bonchev–Trinajstić information content (AvgIpc) is 2.28. The van der Waals surface area contributed by atoms with Crippen molar-refractivity contribution in [3.8, 4) is 0 Å². The first-order chi connectivity index (χ1) is 7.86. The van der Waals surface area contributed by atoms with E-state index in [9.17, 15) is 13.2 Å². The van der Waals surface area contributed by atoms with E-state index in [1.165, 1.54) is 12.1 Å². The van der Waals surface area contributed by atoms with Crippen molar-refractivity contribution in [2.45, 2.75) is 24.3 Å². The number of carbonyl (C=O) groups is 1. The molecule has 1 rings (SSSR count). The fourth-order valence-corrected chi connectivity index (χ4v) is 2.28. The van der Waals surface area contributed by atoms with Crippen molar-refractivity contribution in [3.05, 3.63) is 29.8 Å². The molecular weight excluding hydrogens is 242 g/mol. The number of nitrogens with two attached hydrogens (primary N) is 1. The zero-order valence-electron chi connectivity index (χ0n) is 9.46. The zero-order valence-corrected chi connectivity index (χ0v) is 10.3. The summed E-state index contributed by atoms with van der Waals surface area (Å²) >= 11 is 0. The molecule has 0 saturated heterocycles. The predicted octanol–water partition coefficient (Wildman–Crippen LogP) is 0.955. The van der Waals surface area contributed by atoms with Gasteiger partial charge in [0.25, 0.3) is 0 Å². The fraction of sp³-hybridized carbons (Fsp3) is 0.364. The lowest BCUT2D eigenvalue weighted by atomic mass is 10.1. The van der Waals surface area contributed by atoms with Crippen LogP contribution in [0.1, 0.15) is 24.9 Å². The van der Waals surface area contributed by atoms with Gasteiger partial charge < -0.3 is 10.8 Å². The minimum Gasteiger partial charge on any atom is -0.481 e. The van der Waals surface area contributed by atoms with Gasteiger partial charge in [0.05, 0.1) is 17.1 Å². The highest BCUT2D eigenvalue weighted by Gasteiger charge is 2.14. The number of carboxylic acid groups (broad SMARTS) is 1. The Morgan fingerprint density at radius 2 is 1.88 bits per heavy atom. The van der Waals surface area contributed by atoms with E-state index in [4.69, 9.17) is 10.8 Å². The Morgan fingerprint density at radius 1 is 1.35 bits per heavy atom. The van der Waals surface area contributed by atoms with E-state index < -0.39 is 21.8 Å². The van der Waals surface area contributed by atoms with Crippen LogP contribution in [0.4, 0.5) is 0 Å². The first kappa shape index (κ1) is 13.7. The topological polar surface area (TPSA) is 97.5 Å². The zero-order chi connectivity index (χ0) is 13.1. The molecule has 6 heteroatoms. The van der Waals surface area contributed by atoms with Crippen LogP contribution in [0.5, 0.6) is 0 Å². The molecule has 0 spiro atoms. The monoisotopic (exact) mass is 257 g/mol. The molecule has 1 atom stereocenters. The van der Waals surface area contributed by atoms with Gasteiger partial charge in [-0.05, 0) is 17.7 Å². The Kier molecular flexibility index (Phi) is 4.25. The van der Waals surface area contributed by atoms with Crippen molar-refractivity contribution >= 4 is 15.8 Å². The van der Waals surface area contributed by atoms with Gasteiger partial charge in [-0.2, -0.15) is 0 Å². The quantitative estimate of drug-likeness (QED) is 0.818. The van der Waals surface area contributed by atoms with Gasteiger partial charge in [-0.3, -0.25) is 4.79 Å². The SMILES string of the molecule is CCS(=O)(=O)c1ccc(C(N)CC(=O)O)cc1. The second-order valence-corrected chi connectivity index (χ2v) is 5.96. The van der Waals surface area contributed by atoms with Crippen LogP contribution in [0.25, 0.3) is 0 Å². The maximum atomic E-state index is 11.5. The van der Waals surface area contributed by atoms with Crippen LogP contribution < -0.4 is 5.73 Å². The van der Waals surface area contributed by atoms with E-state index in [-0.39, 0.29) is 17.1 Å². The predicted molar refractivity (Wildman–Crippen MR) is 63.4 cm³/mol. The van der Waals surface area contributed by atoms with Crippen molar-refractivity contribution in [2.75, 3.05) is 5.75 Å². The van der Waals surface area contributed by atoms with E-state index >= 15 is 0 Å². The van der Waals surface area contributed by atoms with Gasteiger partial charge in [0.1, 0.15) is 0 Å². The van der Waals surface area contributed by atoms with Gasteiger partial charge in [-0.15, -0.1) is 0 Å². The molecule has 94 valence electrons. The molecule has 0 amide bonds. The van der Waals surface area contributed by atoms with Crippen molar-refractivity contribution in [3.63, 3.8) is 0 Å². The summed E-state index contributed by atoms with van der Waals surface area (Å²) < 4.78 is 23.1. The lowest BCUT2D eigenvalue weighted by Crippen LogP contribution is -2.15. The first-order valence-electron chi connectivity index (χ1n) is 5.17. The third-order valence-corrected chi connectivity index (χ3v) is 4.19. The van der Waals surface area contributed by atoms with Crippen LogP contribution in [0.3, 0.4) is 0 Å². The molecular formula is C11H15NO4S. The van der Waals surface area contributed by atoms with Crippen LogP contribution in [0.15, 0.2) is 29.2 Å². The molecule has 1 aromatic rings. The van der Waals surface area contributed by atoms with Gasteiger partial charge in [-0.25, -0.2) is 8.42 Å². The molecule has 0 aliphatic carbocycles. The lowest BCUT2D eigenvalue weighted by Gasteiger charge is -2.10. The second kappa shape index (κ2) is 5.29.